The van der Waals surface area contributed by atoms with Crippen molar-refractivity contribution in [2.45, 2.75) is 44.2 Å². The maximum Gasteiger partial charge on any atom is 0.251 e. The summed E-state index contributed by atoms with van der Waals surface area (Å²) in [5.41, 5.74) is 1.04. The van der Waals surface area contributed by atoms with Crippen LogP contribution in [0, 0.1) is 12.7 Å². The van der Waals surface area contributed by atoms with Crippen LogP contribution in [0.25, 0.3) is 0 Å². The van der Waals surface area contributed by atoms with Crippen molar-refractivity contribution in [1.82, 2.24) is 14.9 Å². The summed E-state index contributed by atoms with van der Waals surface area (Å²) in [5, 5.41) is 2.85. The monoisotopic (exact) mass is 435 g/mol. The molecular formula is C22H30FN3O3S. The molecule has 8 heteroatoms. The van der Waals surface area contributed by atoms with Crippen molar-refractivity contribution in [3.8, 4) is 0 Å². The Morgan fingerprint density at radius 1 is 1.13 bits per heavy atom. The highest BCUT2D eigenvalue weighted by Gasteiger charge is 2.24. The van der Waals surface area contributed by atoms with E-state index in [1.807, 2.05) is 19.0 Å². The first kappa shape index (κ1) is 24.0. The Balaban J connectivity index is 2.24. The van der Waals surface area contributed by atoms with Gasteiger partial charge in [-0.2, -0.15) is 0 Å². The Hall–Kier alpha value is -2.29. The molecule has 0 aliphatic rings. The van der Waals surface area contributed by atoms with Crippen LogP contribution in [0.15, 0.2) is 47.4 Å². The fourth-order valence-electron chi connectivity index (χ4n) is 3.07. The van der Waals surface area contributed by atoms with E-state index in [2.05, 4.69) is 10.0 Å². The lowest BCUT2D eigenvalue weighted by Crippen LogP contribution is -2.40. The highest BCUT2D eigenvalue weighted by molar-refractivity contribution is 7.89. The standard InChI is InChI=1S/C22H30FN3O3S/c1-15-10-11-18(30(28,29)25-22(2,3)4)13-19(15)21(27)24-14-20(26(5)6)16-8-7-9-17(23)12-16/h7-13,20,25H,14H2,1-6H3,(H,24,27). The first-order valence-electron chi connectivity index (χ1n) is 9.65. The Labute approximate surface area is 178 Å². The molecule has 0 radical (unpaired) electrons. The van der Waals surface area contributed by atoms with Crippen molar-refractivity contribution in [3.63, 3.8) is 0 Å². The molecule has 0 heterocycles. The van der Waals surface area contributed by atoms with Crippen LogP contribution >= 0.6 is 0 Å². The van der Waals surface area contributed by atoms with E-state index in [9.17, 15) is 17.6 Å². The molecule has 0 spiro atoms. The number of hydrogen-bond acceptors (Lipinski definition) is 4. The third kappa shape index (κ3) is 6.35. The summed E-state index contributed by atoms with van der Waals surface area (Å²) in [7, 11) is -0.0720. The largest absolute Gasteiger partial charge is 0.350 e. The first-order chi connectivity index (χ1) is 13.8. The van der Waals surface area contributed by atoms with Gasteiger partial charge >= 0.3 is 0 Å². The minimum absolute atomic E-state index is 0.0301. The van der Waals surface area contributed by atoms with Gasteiger partial charge in [0.15, 0.2) is 0 Å². The number of benzene rings is 2. The summed E-state index contributed by atoms with van der Waals surface area (Å²) < 4.78 is 41.4. The van der Waals surface area contributed by atoms with Crippen LogP contribution in [0.3, 0.4) is 0 Å². The molecule has 2 N–H and O–H groups in total. The molecule has 0 aromatic heterocycles. The summed E-state index contributed by atoms with van der Waals surface area (Å²) in [6.45, 7) is 7.24. The molecular weight excluding hydrogens is 405 g/mol. The Morgan fingerprint density at radius 3 is 2.37 bits per heavy atom. The van der Waals surface area contributed by atoms with Crippen molar-refractivity contribution in [2.24, 2.45) is 0 Å². The number of amides is 1. The van der Waals surface area contributed by atoms with Crippen molar-refractivity contribution in [1.29, 1.82) is 0 Å². The van der Waals surface area contributed by atoms with Gasteiger partial charge in [-0.15, -0.1) is 0 Å². The smallest absolute Gasteiger partial charge is 0.251 e. The fourth-order valence-corrected chi connectivity index (χ4v) is 4.52. The van der Waals surface area contributed by atoms with E-state index in [-0.39, 0.29) is 34.8 Å². The second-order valence-electron chi connectivity index (χ2n) is 8.58. The van der Waals surface area contributed by atoms with Gasteiger partial charge in [-0.1, -0.05) is 18.2 Å². The predicted molar refractivity (Wildman–Crippen MR) is 116 cm³/mol. The summed E-state index contributed by atoms with van der Waals surface area (Å²) in [6, 6.07) is 10.5. The number of sulfonamides is 1. The maximum atomic E-state index is 13.6. The Kier molecular flexibility index (Phi) is 7.39. The van der Waals surface area contributed by atoms with Crippen LogP contribution < -0.4 is 10.0 Å². The lowest BCUT2D eigenvalue weighted by atomic mass is 10.0. The first-order valence-corrected chi connectivity index (χ1v) is 11.1. The molecule has 0 saturated heterocycles. The zero-order valence-electron chi connectivity index (χ0n) is 18.3. The lowest BCUT2D eigenvalue weighted by molar-refractivity contribution is 0.0941. The van der Waals surface area contributed by atoms with E-state index in [4.69, 9.17) is 0 Å². The summed E-state index contributed by atoms with van der Waals surface area (Å²) in [5.74, 6) is -0.727. The highest BCUT2D eigenvalue weighted by Crippen LogP contribution is 2.20. The molecule has 6 nitrogen and oxygen atoms in total. The number of carbonyl (C=O) groups is 1. The van der Waals surface area contributed by atoms with Crippen molar-refractivity contribution < 1.29 is 17.6 Å². The second-order valence-corrected chi connectivity index (χ2v) is 10.3. The van der Waals surface area contributed by atoms with Crippen molar-refractivity contribution in [2.75, 3.05) is 20.6 Å². The zero-order valence-corrected chi connectivity index (χ0v) is 19.1. The van der Waals surface area contributed by atoms with E-state index in [0.717, 1.165) is 5.56 Å². The summed E-state index contributed by atoms with van der Waals surface area (Å²) in [4.78, 5) is 14.8. The molecule has 0 aliphatic heterocycles. The number of halogens is 1. The van der Waals surface area contributed by atoms with E-state index in [1.54, 1.807) is 45.9 Å². The molecule has 1 atom stereocenters. The quantitative estimate of drug-likeness (QED) is 0.700. The zero-order chi connectivity index (χ0) is 22.7. The number of aryl methyl sites for hydroxylation is 1. The van der Waals surface area contributed by atoms with E-state index >= 15 is 0 Å². The lowest BCUT2D eigenvalue weighted by Gasteiger charge is -2.25. The Bertz CT molecular complexity index is 1010. The van der Waals surface area contributed by atoms with Gasteiger partial charge in [-0.3, -0.25) is 4.79 Å². The third-order valence-corrected chi connectivity index (χ3v) is 6.27. The highest BCUT2D eigenvalue weighted by atomic mass is 32.2. The van der Waals surface area contributed by atoms with Crippen molar-refractivity contribution >= 4 is 15.9 Å². The number of carbonyl (C=O) groups excluding carboxylic acids is 1. The van der Waals surface area contributed by atoms with Gasteiger partial charge in [0.05, 0.1) is 10.9 Å². The molecule has 164 valence electrons. The predicted octanol–water partition coefficient (Wildman–Crippen LogP) is 3.24. The molecule has 0 saturated carbocycles. The topological polar surface area (TPSA) is 78.5 Å². The van der Waals surface area contributed by atoms with Crippen LogP contribution in [0.5, 0.6) is 0 Å². The number of nitrogens with one attached hydrogen (secondary N) is 2. The second kappa shape index (κ2) is 9.24. The fraction of sp³-hybridized carbons (Fsp3) is 0.409. The minimum atomic E-state index is -3.76. The molecule has 0 aliphatic carbocycles. The molecule has 2 aromatic carbocycles. The van der Waals surface area contributed by atoms with Crippen LogP contribution in [-0.2, 0) is 10.0 Å². The minimum Gasteiger partial charge on any atom is -0.350 e. The van der Waals surface area contributed by atoms with Gasteiger partial charge in [0.2, 0.25) is 10.0 Å². The van der Waals surface area contributed by atoms with Crippen LogP contribution in [0.1, 0.15) is 48.3 Å². The number of rotatable bonds is 7. The average Bonchev–Trinajstić information content (AvgIpc) is 2.59. The van der Waals surface area contributed by atoms with Gasteiger partial charge < -0.3 is 10.2 Å². The van der Waals surface area contributed by atoms with Crippen molar-refractivity contribution in [3.05, 3.63) is 65.0 Å². The van der Waals surface area contributed by atoms with Crippen LogP contribution in [0.4, 0.5) is 4.39 Å². The number of hydrogen-bond donors (Lipinski definition) is 2. The molecule has 1 unspecified atom stereocenters. The molecule has 2 aromatic rings. The Morgan fingerprint density at radius 2 is 1.80 bits per heavy atom. The maximum absolute atomic E-state index is 13.6. The van der Waals surface area contributed by atoms with Crippen LogP contribution in [-0.4, -0.2) is 45.4 Å². The van der Waals surface area contributed by atoms with Gasteiger partial charge in [-0.05, 0) is 77.2 Å². The van der Waals surface area contributed by atoms with E-state index in [1.165, 1.54) is 24.3 Å². The summed E-state index contributed by atoms with van der Waals surface area (Å²) in [6.07, 6.45) is 0. The SMILES string of the molecule is Cc1ccc(S(=O)(=O)NC(C)(C)C)cc1C(=O)NCC(c1cccc(F)c1)N(C)C. The summed E-state index contributed by atoms with van der Waals surface area (Å²) >= 11 is 0. The normalized spacial score (nSPS) is 13.3. The molecule has 0 fully saturated rings. The number of nitrogens with zero attached hydrogens (tertiary/aromatic N) is 1. The van der Waals surface area contributed by atoms with E-state index < -0.39 is 15.6 Å². The average molecular weight is 436 g/mol. The third-order valence-electron chi connectivity index (χ3n) is 4.52. The van der Waals surface area contributed by atoms with Gasteiger partial charge in [-0.25, -0.2) is 17.5 Å². The van der Waals surface area contributed by atoms with Gasteiger partial charge in [0.1, 0.15) is 5.82 Å². The van der Waals surface area contributed by atoms with Gasteiger partial charge in [0.25, 0.3) is 5.91 Å². The molecule has 0 bridgehead atoms. The van der Waals surface area contributed by atoms with E-state index in [0.29, 0.717) is 5.56 Å². The molecule has 30 heavy (non-hydrogen) atoms. The van der Waals surface area contributed by atoms with Crippen LogP contribution in [0.2, 0.25) is 0 Å². The number of likely N-dealkylation sites (N-methyl/N-ethyl adjacent to an activating group) is 1. The molecule has 1 amide bonds. The van der Waals surface area contributed by atoms with Gasteiger partial charge in [0, 0.05) is 17.6 Å². The molecule has 2 rings (SSSR count).